The maximum atomic E-state index is 13.2. The molecule has 0 saturated heterocycles. The largest absolute Gasteiger partial charge is 0.481 e. The molecule has 1 atom stereocenters. The number of carbonyl (C=O) groups is 2. The number of halogens is 2. The first-order valence-electron chi connectivity index (χ1n) is 11.8. The fourth-order valence-corrected chi connectivity index (χ4v) is 5.41. The zero-order chi connectivity index (χ0) is 26.1. The van der Waals surface area contributed by atoms with Gasteiger partial charge in [-0.05, 0) is 48.4 Å². The highest BCUT2D eigenvalue weighted by atomic mass is 79.9. The Kier molecular flexibility index (Phi) is 7.22. The second-order valence-electron chi connectivity index (χ2n) is 8.92. The van der Waals surface area contributed by atoms with Gasteiger partial charge in [-0.2, -0.15) is 5.10 Å². The van der Waals surface area contributed by atoms with Crippen LogP contribution in [0.3, 0.4) is 0 Å². The lowest BCUT2D eigenvalue weighted by atomic mass is 9.89. The van der Waals surface area contributed by atoms with Crippen LogP contribution in [0.15, 0.2) is 86.8 Å². The molecule has 1 amide bonds. The quantitative estimate of drug-likeness (QED) is 0.246. The minimum Gasteiger partial charge on any atom is -0.481 e. The maximum absolute atomic E-state index is 13.2. The number of aliphatic carboxylic acids is 1. The minimum atomic E-state index is -1.01. The van der Waals surface area contributed by atoms with Crippen molar-refractivity contribution in [3.05, 3.63) is 98.6 Å². The molecule has 1 aliphatic heterocycles. The van der Waals surface area contributed by atoms with Crippen LogP contribution in [0.5, 0.6) is 0 Å². The number of carboxylic acids is 1. The summed E-state index contributed by atoms with van der Waals surface area (Å²) in [6.07, 6.45) is 0.127. The van der Waals surface area contributed by atoms with E-state index < -0.39 is 5.97 Å². The second kappa shape index (κ2) is 10.6. The Morgan fingerprint density at radius 2 is 1.65 bits per heavy atom. The summed E-state index contributed by atoms with van der Waals surface area (Å²) >= 11 is 7.08. The van der Waals surface area contributed by atoms with E-state index in [4.69, 9.17) is 15.2 Å². The molecule has 3 aromatic carbocycles. The van der Waals surface area contributed by atoms with Gasteiger partial charge in [0.25, 0.3) is 0 Å². The molecule has 1 aliphatic rings. The standard InChI is InChI=1S/C29H23Br2N3O3/c1-17-28(29(19-5-3-2-4-6-19)22-15-21(31)11-12-23(22)32-17)24-16-25(18-7-9-20(30)10-8-18)34(33-24)26(35)13-14-27(36)37/h2-12,15,25H,13-14,16H2,1H3,(H,36,37). The normalized spacial score (nSPS) is 15.2. The topological polar surface area (TPSA) is 82.9 Å². The van der Waals surface area contributed by atoms with E-state index in [0.29, 0.717) is 6.42 Å². The lowest BCUT2D eigenvalue weighted by Crippen LogP contribution is -2.27. The van der Waals surface area contributed by atoms with Crippen LogP contribution in [0, 0.1) is 6.92 Å². The highest BCUT2D eigenvalue weighted by Crippen LogP contribution is 2.40. The third kappa shape index (κ3) is 5.22. The Bertz CT molecular complexity index is 1540. The molecule has 37 heavy (non-hydrogen) atoms. The Hall–Kier alpha value is -3.36. The van der Waals surface area contributed by atoms with Crippen LogP contribution >= 0.6 is 31.9 Å². The number of aromatic nitrogens is 1. The summed E-state index contributed by atoms with van der Waals surface area (Å²) in [5.41, 5.74) is 6.32. The zero-order valence-electron chi connectivity index (χ0n) is 20.0. The molecule has 4 aromatic rings. The molecule has 0 radical (unpaired) electrons. The Morgan fingerprint density at radius 1 is 0.946 bits per heavy atom. The number of aryl methyl sites for hydroxylation is 1. The number of benzene rings is 3. The third-order valence-electron chi connectivity index (χ3n) is 6.45. The van der Waals surface area contributed by atoms with E-state index >= 15 is 0 Å². The van der Waals surface area contributed by atoms with Crippen molar-refractivity contribution < 1.29 is 14.7 Å². The van der Waals surface area contributed by atoms with E-state index in [-0.39, 0.29) is 24.8 Å². The van der Waals surface area contributed by atoms with Crippen LogP contribution in [-0.2, 0) is 9.59 Å². The maximum Gasteiger partial charge on any atom is 0.303 e. The molecule has 5 rings (SSSR count). The predicted octanol–water partition coefficient (Wildman–Crippen LogP) is 7.28. The highest BCUT2D eigenvalue weighted by molar-refractivity contribution is 9.10. The van der Waals surface area contributed by atoms with Crippen LogP contribution < -0.4 is 0 Å². The summed E-state index contributed by atoms with van der Waals surface area (Å²) in [5, 5.41) is 16.4. The molecule has 0 bridgehead atoms. The van der Waals surface area contributed by atoms with Crippen molar-refractivity contribution in [1.82, 2.24) is 9.99 Å². The van der Waals surface area contributed by atoms with E-state index in [1.54, 1.807) is 0 Å². The van der Waals surface area contributed by atoms with Gasteiger partial charge >= 0.3 is 5.97 Å². The van der Waals surface area contributed by atoms with Gasteiger partial charge < -0.3 is 5.11 Å². The SMILES string of the molecule is Cc1nc2ccc(Br)cc2c(-c2ccccc2)c1C1=NN(C(=O)CCC(=O)O)C(c2ccc(Br)cc2)C1. The minimum absolute atomic E-state index is 0.118. The van der Waals surface area contributed by atoms with Gasteiger partial charge in [-0.15, -0.1) is 0 Å². The molecule has 0 aliphatic carbocycles. The summed E-state index contributed by atoms with van der Waals surface area (Å²) in [4.78, 5) is 29.3. The smallest absolute Gasteiger partial charge is 0.303 e. The van der Waals surface area contributed by atoms with Gasteiger partial charge in [-0.3, -0.25) is 14.6 Å². The molecular weight excluding hydrogens is 598 g/mol. The van der Waals surface area contributed by atoms with Gasteiger partial charge in [-0.25, -0.2) is 5.01 Å². The predicted molar refractivity (Wildman–Crippen MR) is 151 cm³/mol. The van der Waals surface area contributed by atoms with Gasteiger partial charge in [0.1, 0.15) is 0 Å². The lowest BCUT2D eigenvalue weighted by molar-refractivity contribution is -0.141. The van der Waals surface area contributed by atoms with Crippen LogP contribution in [0.25, 0.3) is 22.0 Å². The first-order valence-corrected chi connectivity index (χ1v) is 13.4. The molecule has 1 aromatic heterocycles. The van der Waals surface area contributed by atoms with Crippen molar-refractivity contribution in [2.24, 2.45) is 5.10 Å². The summed E-state index contributed by atoms with van der Waals surface area (Å²) in [7, 11) is 0. The average Bonchev–Trinajstić information content (AvgIpc) is 3.32. The van der Waals surface area contributed by atoms with Crippen LogP contribution in [0.4, 0.5) is 0 Å². The monoisotopic (exact) mass is 619 g/mol. The molecule has 6 nitrogen and oxygen atoms in total. The molecule has 186 valence electrons. The van der Waals surface area contributed by atoms with Gasteiger partial charge in [0.15, 0.2) is 0 Å². The molecule has 0 fully saturated rings. The number of fused-ring (bicyclic) bond motifs is 1. The highest BCUT2D eigenvalue weighted by Gasteiger charge is 2.35. The van der Waals surface area contributed by atoms with Crippen molar-refractivity contribution in [2.75, 3.05) is 0 Å². The molecule has 0 spiro atoms. The number of pyridine rings is 1. The van der Waals surface area contributed by atoms with E-state index in [9.17, 15) is 9.59 Å². The van der Waals surface area contributed by atoms with Gasteiger partial charge in [-0.1, -0.05) is 74.3 Å². The van der Waals surface area contributed by atoms with E-state index in [1.165, 1.54) is 5.01 Å². The Balaban J connectivity index is 1.69. The van der Waals surface area contributed by atoms with Crippen molar-refractivity contribution in [2.45, 2.75) is 32.2 Å². The van der Waals surface area contributed by atoms with Crippen LogP contribution in [0.2, 0.25) is 0 Å². The number of hydrogen-bond acceptors (Lipinski definition) is 4. The van der Waals surface area contributed by atoms with Gasteiger partial charge in [0.2, 0.25) is 5.91 Å². The molecule has 8 heteroatoms. The number of hydrazone groups is 1. The van der Waals surface area contributed by atoms with Crippen molar-refractivity contribution in [3.8, 4) is 11.1 Å². The number of hydrogen-bond donors (Lipinski definition) is 1. The second-order valence-corrected chi connectivity index (χ2v) is 10.8. The van der Waals surface area contributed by atoms with Crippen molar-refractivity contribution in [3.63, 3.8) is 0 Å². The number of rotatable bonds is 6. The van der Waals surface area contributed by atoms with Crippen molar-refractivity contribution >= 4 is 60.4 Å². The molecule has 1 N–H and O–H groups in total. The van der Waals surface area contributed by atoms with Crippen molar-refractivity contribution in [1.29, 1.82) is 0 Å². The zero-order valence-corrected chi connectivity index (χ0v) is 23.2. The van der Waals surface area contributed by atoms with E-state index in [0.717, 1.165) is 53.5 Å². The third-order valence-corrected chi connectivity index (χ3v) is 7.47. The Labute approximate surface area is 231 Å². The molecule has 2 heterocycles. The van der Waals surface area contributed by atoms with Gasteiger partial charge in [0.05, 0.1) is 23.7 Å². The van der Waals surface area contributed by atoms with E-state index in [2.05, 4.69) is 50.1 Å². The number of carbonyl (C=O) groups excluding carboxylic acids is 1. The number of nitrogens with zero attached hydrogens (tertiary/aromatic N) is 3. The Morgan fingerprint density at radius 3 is 2.35 bits per heavy atom. The summed E-state index contributed by atoms with van der Waals surface area (Å²) < 4.78 is 1.88. The van der Waals surface area contributed by atoms with Crippen LogP contribution in [-0.4, -0.2) is 32.7 Å². The first kappa shape index (κ1) is 25.3. The fraction of sp³-hybridized carbons (Fsp3) is 0.172. The fourth-order valence-electron chi connectivity index (χ4n) is 4.78. The van der Waals surface area contributed by atoms with Crippen LogP contribution in [0.1, 0.15) is 42.1 Å². The summed E-state index contributed by atoms with van der Waals surface area (Å²) in [6.45, 7) is 1.97. The number of amides is 1. The molecule has 1 unspecified atom stereocenters. The summed E-state index contributed by atoms with van der Waals surface area (Å²) in [5.74, 6) is -1.33. The lowest BCUT2D eigenvalue weighted by Gasteiger charge is -2.22. The van der Waals surface area contributed by atoms with E-state index in [1.807, 2.05) is 61.5 Å². The number of carboxylic acid groups (broad SMARTS) is 1. The average molecular weight is 621 g/mol. The molecule has 0 saturated carbocycles. The van der Waals surface area contributed by atoms with Gasteiger partial charge in [0, 0.05) is 44.0 Å². The summed E-state index contributed by atoms with van der Waals surface area (Å²) in [6, 6.07) is 23.6. The molecular formula is C29H23Br2N3O3. The first-order chi connectivity index (χ1) is 17.8.